The van der Waals surface area contributed by atoms with E-state index < -0.39 is 11.9 Å². The third-order valence-electron chi connectivity index (χ3n) is 3.86. The molecule has 0 unspecified atom stereocenters. The van der Waals surface area contributed by atoms with Gasteiger partial charge in [0, 0.05) is 18.8 Å². The summed E-state index contributed by atoms with van der Waals surface area (Å²) in [6, 6.07) is 12.7. The second-order valence-electron chi connectivity index (χ2n) is 6.07. The maximum atomic E-state index is 12.3. The molecule has 0 atom stereocenters. The third kappa shape index (κ3) is 7.67. The maximum absolute atomic E-state index is 12.3. The molecular weight excluding hydrogens is 388 g/mol. The first-order chi connectivity index (χ1) is 14.5. The smallest absolute Gasteiger partial charge is 0.343 e. The molecule has 2 rings (SSSR count). The van der Waals surface area contributed by atoms with Gasteiger partial charge in [0.1, 0.15) is 11.5 Å². The summed E-state index contributed by atoms with van der Waals surface area (Å²) in [7, 11) is 1.52. The molecule has 8 heteroatoms. The van der Waals surface area contributed by atoms with Gasteiger partial charge in [-0.25, -0.2) is 14.4 Å². The van der Waals surface area contributed by atoms with Crippen molar-refractivity contribution in [2.75, 3.05) is 25.6 Å². The van der Waals surface area contributed by atoms with E-state index in [0.717, 1.165) is 12.5 Å². The van der Waals surface area contributed by atoms with E-state index in [0.29, 0.717) is 42.4 Å². The van der Waals surface area contributed by atoms with Gasteiger partial charge < -0.3 is 24.8 Å². The fraction of sp³-hybridized carbons (Fsp3) is 0.227. The van der Waals surface area contributed by atoms with Crippen LogP contribution in [0.4, 0.5) is 10.5 Å². The number of hydrogen-bond acceptors (Lipinski definition) is 6. The van der Waals surface area contributed by atoms with Crippen LogP contribution in [0.1, 0.15) is 23.2 Å². The number of ether oxygens (including phenoxy) is 3. The summed E-state index contributed by atoms with van der Waals surface area (Å²) < 4.78 is 15.8. The summed E-state index contributed by atoms with van der Waals surface area (Å²) in [5.74, 6) is 0.0479. The minimum atomic E-state index is -0.502. The highest BCUT2D eigenvalue weighted by atomic mass is 16.5. The summed E-state index contributed by atoms with van der Waals surface area (Å²) in [5.41, 5.74) is 0.959. The molecule has 0 aliphatic rings. The van der Waals surface area contributed by atoms with Crippen LogP contribution in [0.15, 0.2) is 61.2 Å². The van der Waals surface area contributed by atoms with E-state index in [4.69, 9.17) is 14.2 Å². The molecule has 0 saturated carbocycles. The maximum Gasteiger partial charge on any atom is 0.343 e. The summed E-state index contributed by atoms with van der Waals surface area (Å²) in [4.78, 5) is 34.4. The third-order valence-corrected chi connectivity index (χ3v) is 3.86. The highest BCUT2D eigenvalue weighted by Crippen LogP contribution is 2.18. The minimum absolute atomic E-state index is 0.321. The Balaban J connectivity index is 1.76. The first kappa shape index (κ1) is 22.5. The quantitative estimate of drug-likeness (QED) is 0.268. The Hall–Kier alpha value is -3.81. The molecule has 8 nitrogen and oxygen atoms in total. The number of hydrogen-bond donors (Lipinski definition) is 2. The van der Waals surface area contributed by atoms with Crippen molar-refractivity contribution in [1.29, 1.82) is 0 Å². The number of rotatable bonds is 10. The fourth-order valence-corrected chi connectivity index (χ4v) is 2.28. The molecule has 0 fully saturated rings. The largest absolute Gasteiger partial charge is 0.494 e. The Kier molecular flexibility index (Phi) is 8.92. The zero-order valence-electron chi connectivity index (χ0n) is 16.7. The second-order valence-corrected chi connectivity index (χ2v) is 6.07. The number of benzene rings is 2. The van der Waals surface area contributed by atoms with E-state index in [-0.39, 0.29) is 6.03 Å². The number of esters is 2. The van der Waals surface area contributed by atoms with E-state index in [9.17, 15) is 14.4 Å². The molecule has 2 aromatic rings. The molecule has 0 saturated heterocycles. The van der Waals surface area contributed by atoms with Crippen molar-refractivity contribution < 1.29 is 28.6 Å². The first-order valence-corrected chi connectivity index (χ1v) is 9.35. The molecule has 0 spiro atoms. The van der Waals surface area contributed by atoms with Crippen molar-refractivity contribution in [3.63, 3.8) is 0 Å². The van der Waals surface area contributed by atoms with Gasteiger partial charge in [0.15, 0.2) is 0 Å². The number of amides is 2. The van der Waals surface area contributed by atoms with Crippen molar-refractivity contribution >= 4 is 23.7 Å². The van der Waals surface area contributed by atoms with Gasteiger partial charge in [0.05, 0.1) is 18.8 Å². The Morgan fingerprint density at radius 1 is 0.933 bits per heavy atom. The van der Waals surface area contributed by atoms with Crippen LogP contribution >= 0.6 is 0 Å². The SMILES string of the molecule is C=CC(=O)OCCCCOc1ccc(C(=O)Oc2ccc(NC(=O)NC)cc2)cc1. The number of anilines is 1. The lowest BCUT2D eigenvalue weighted by atomic mass is 10.2. The zero-order valence-corrected chi connectivity index (χ0v) is 16.7. The Morgan fingerprint density at radius 2 is 1.57 bits per heavy atom. The Morgan fingerprint density at radius 3 is 2.20 bits per heavy atom. The zero-order chi connectivity index (χ0) is 21.8. The van der Waals surface area contributed by atoms with Crippen LogP contribution in [0, 0.1) is 0 Å². The number of nitrogens with one attached hydrogen (secondary N) is 2. The second kappa shape index (κ2) is 11.9. The molecule has 0 radical (unpaired) electrons. The van der Waals surface area contributed by atoms with E-state index >= 15 is 0 Å². The molecule has 0 aliphatic carbocycles. The van der Waals surface area contributed by atoms with E-state index in [1.165, 1.54) is 7.05 Å². The Labute approximate surface area is 174 Å². The lowest BCUT2D eigenvalue weighted by Gasteiger charge is -2.08. The first-order valence-electron chi connectivity index (χ1n) is 9.35. The van der Waals surface area contributed by atoms with Crippen molar-refractivity contribution in [2.45, 2.75) is 12.8 Å². The number of carbonyl (C=O) groups is 3. The molecule has 0 heterocycles. The van der Waals surface area contributed by atoms with Crippen molar-refractivity contribution in [3.05, 3.63) is 66.7 Å². The fourth-order valence-electron chi connectivity index (χ4n) is 2.28. The normalized spacial score (nSPS) is 9.90. The van der Waals surface area contributed by atoms with Gasteiger partial charge in [-0.15, -0.1) is 0 Å². The van der Waals surface area contributed by atoms with E-state index in [1.54, 1.807) is 48.5 Å². The number of carbonyl (C=O) groups excluding carboxylic acids is 3. The molecule has 0 aliphatic heterocycles. The molecule has 158 valence electrons. The van der Waals surface area contributed by atoms with Crippen LogP contribution in [0.25, 0.3) is 0 Å². The molecule has 30 heavy (non-hydrogen) atoms. The predicted molar refractivity (Wildman–Crippen MR) is 112 cm³/mol. The van der Waals surface area contributed by atoms with E-state index in [2.05, 4.69) is 17.2 Å². The van der Waals surface area contributed by atoms with Gasteiger partial charge in [-0.1, -0.05) is 6.58 Å². The summed E-state index contributed by atoms with van der Waals surface area (Å²) in [6.07, 6.45) is 2.53. The number of urea groups is 1. The molecule has 0 aromatic heterocycles. The molecule has 2 amide bonds. The van der Waals surface area contributed by atoms with Gasteiger partial charge in [-0.2, -0.15) is 0 Å². The van der Waals surface area contributed by atoms with Crippen LogP contribution < -0.4 is 20.1 Å². The minimum Gasteiger partial charge on any atom is -0.494 e. The van der Waals surface area contributed by atoms with Crippen LogP contribution in [0.2, 0.25) is 0 Å². The highest BCUT2D eigenvalue weighted by molar-refractivity contribution is 5.91. The van der Waals surface area contributed by atoms with Gasteiger partial charge in [-0.05, 0) is 61.4 Å². The average molecular weight is 412 g/mol. The molecular formula is C22H24N2O6. The Bertz CT molecular complexity index is 862. The summed E-state index contributed by atoms with van der Waals surface area (Å²) in [6.45, 7) is 4.11. The van der Waals surface area contributed by atoms with Crippen LogP contribution in [-0.2, 0) is 9.53 Å². The molecule has 2 N–H and O–H groups in total. The van der Waals surface area contributed by atoms with Gasteiger partial charge in [0.2, 0.25) is 0 Å². The van der Waals surface area contributed by atoms with Gasteiger partial charge in [-0.3, -0.25) is 0 Å². The monoisotopic (exact) mass is 412 g/mol. The average Bonchev–Trinajstić information content (AvgIpc) is 2.77. The topological polar surface area (TPSA) is 103 Å². The highest BCUT2D eigenvalue weighted by Gasteiger charge is 2.09. The summed E-state index contributed by atoms with van der Waals surface area (Å²) >= 11 is 0. The van der Waals surface area contributed by atoms with Crippen molar-refractivity contribution in [2.24, 2.45) is 0 Å². The molecule has 0 bridgehead atoms. The van der Waals surface area contributed by atoms with E-state index in [1.807, 2.05) is 0 Å². The van der Waals surface area contributed by atoms with Crippen LogP contribution in [0.5, 0.6) is 11.5 Å². The predicted octanol–water partition coefficient (Wildman–Crippen LogP) is 3.55. The number of unbranched alkanes of at least 4 members (excludes halogenated alkanes) is 1. The van der Waals surface area contributed by atoms with Crippen LogP contribution in [-0.4, -0.2) is 38.2 Å². The standard InChI is InChI=1S/C22H24N2O6/c1-3-20(25)29-15-5-4-14-28-18-10-6-16(7-11-18)21(26)30-19-12-8-17(9-13-19)24-22(27)23-2/h3,6-13H,1,4-5,14-15H2,2H3,(H2,23,24,27). The van der Waals surface area contributed by atoms with Gasteiger partial charge in [0.25, 0.3) is 0 Å². The van der Waals surface area contributed by atoms with Gasteiger partial charge >= 0.3 is 18.0 Å². The van der Waals surface area contributed by atoms with Crippen molar-refractivity contribution in [1.82, 2.24) is 5.32 Å². The van der Waals surface area contributed by atoms with Crippen LogP contribution in [0.3, 0.4) is 0 Å². The summed E-state index contributed by atoms with van der Waals surface area (Å²) in [5, 5.41) is 5.06. The lowest BCUT2D eigenvalue weighted by molar-refractivity contribution is -0.137. The lowest BCUT2D eigenvalue weighted by Crippen LogP contribution is -2.24. The molecule has 2 aromatic carbocycles. The van der Waals surface area contributed by atoms with Crippen molar-refractivity contribution in [3.8, 4) is 11.5 Å².